The molecule has 4 nitrogen and oxygen atoms in total. The molecule has 0 aliphatic carbocycles. The Kier molecular flexibility index (Phi) is 3.58. The summed E-state index contributed by atoms with van der Waals surface area (Å²) in [6.07, 6.45) is 1.24. The normalized spacial score (nSPS) is 10.3. The summed E-state index contributed by atoms with van der Waals surface area (Å²) in [4.78, 5) is 7.62. The maximum Gasteiger partial charge on any atom is 0.239 e. The van der Waals surface area contributed by atoms with Gasteiger partial charge in [-0.25, -0.2) is 14.4 Å². The van der Waals surface area contributed by atoms with Crippen molar-refractivity contribution >= 4 is 37.7 Å². The van der Waals surface area contributed by atoms with Gasteiger partial charge in [0.1, 0.15) is 16.6 Å². The number of rotatable bonds is 2. The van der Waals surface area contributed by atoms with Crippen LogP contribution in [0.5, 0.6) is 11.6 Å². The van der Waals surface area contributed by atoms with Crippen LogP contribution in [-0.4, -0.2) is 9.97 Å². The summed E-state index contributed by atoms with van der Waals surface area (Å²) in [5.74, 6) is -0.0460. The van der Waals surface area contributed by atoms with E-state index < -0.39 is 5.82 Å². The standard InChI is InChI=1S/C10H6Br2FN3O/c11-5-1-2-6(13)7(3-5)17-10-8(12)9(14)15-4-16-10/h1-4H,(H2,14,15,16). The van der Waals surface area contributed by atoms with Crippen LogP contribution in [0.15, 0.2) is 33.5 Å². The number of hydrogen-bond acceptors (Lipinski definition) is 4. The molecule has 0 saturated heterocycles. The first-order valence-electron chi connectivity index (χ1n) is 4.47. The summed E-state index contributed by atoms with van der Waals surface area (Å²) < 4.78 is 19.9. The van der Waals surface area contributed by atoms with Crippen molar-refractivity contribution in [2.24, 2.45) is 0 Å². The number of ether oxygens (including phenoxy) is 1. The lowest BCUT2D eigenvalue weighted by Gasteiger charge is -2.08. The van der Waals surface area contributed by atoms with E-state index in [9.17, 15) is 4.39 Å². The van der Waals surface area contributed by atoms with E-state index in [4.69, 9.17) is 10.5 Å². The second kappa shape index (κ2) is 4.97. The first kappa shape index (κ1) is 12.3. The van der Waals surface area contributed by atoms with Gasteiger partial charge in [-0.15, -0.1) is 0 Å². The number of halogens is 3. The minimum atomic E-state index is -0.489. The predicted molar refractivity (Wildman–Crippen MR) is 68.3 cm³/mol. The van der Waals surface area contributed by atoms with Crippen LogP contribution >= 0.6 is 31.9 Å². The summed E-state index contributed by atoms with van der Waals surface area (Å²) >= 11 is 6.40. The van der Waals surface area contributed by atoms with Gasteiger partial charge in [0.25, 0.3) is 0 Å². The Balaban J connectivity index is 2.38. The van der Waals surface area contributed by atoms with Crippen molar-refractivity contribution < 1.29 is 9.13 Å². The average molecular weight is 363 g/mol. The molecule has 0 fully saturated rings. The van der Waals surface area contributed by atoms with E-state index in [2.05, 4.69) is 41.8 Å². The van der Waals surface area contributed by atoms with E-state index in [1.54, 1.807) is 6.07 Å². The van der Waals surface area contributed by atoms with Crippen molar-refractivity contribution in [3.05, 3.63) is 39.3 Å². The highest BCUT2D eigenvalue weighted by molar-refractivity contribution is 9.11. The quantitative estimate of drug-likeness (QED) is 0.887. The number of nitrogen functional groups attached to an aromatic ring is 1. The molecule has 88 valence electrons. The van der Waals surface area contributed by atoms with Crippen LogP contribution in [0, 0.1) is 5.82 Å². The molecular formula is C10H6Br2FN3O. The number of nitrogens with two attached hydrogens (primary N) is 1. The van der Waals surface area contributed by atoms with Gasteiger partial charge >= 0.3 is 0 Å². The molecule has 0 radical (unpaired) electrons. The fourth-order valence-electron chi connectivity index (χ4n) is 1.10. The Morgan fingerprint density at radius 2 is 2.00 bits per heavy atom. The molecule has 0 spiro atoms. The van der Waals surface area contributed by atoms with E-state index >= 15 is 0 Å². The molecule has 0 saturated carbocycles. The zero-order valence-corrected chi connectivity index (χ0v) is 11.5. The fourth-order valence-corrected chi connectivity index (χ4v) is 1.72. The van der Waals surface area contributed by atoms with Crippen molar-refractivity contribution in [2.75, 3.05) is 5.73 Å². The van der Waals surface area contributed by atoms with E-state index in [1.807, 2.05) is 0 Å². The zero-order valence-electron chi connectivity index (χ0n) is 8.32. The lowest BCUT2D eigenvalue weighted by Crippen LogP contribution is -1.97. The highest BCUT2D eigenvalue weighted by atomic mass is 79.9. The highest BCUT2D eigenvalue weighted by Crippen LogP contribution is 2.32. The molecular weight excluding hydrogens is 357 g/mol. The lowest BCUT2D eigenvalue weighted by molar-refractivity contribution is 0.424. The molecule has 2 N–H and O–H groups in total. The topological polar surface area (TPSA) is 61.0 Å². The number of hydrogen-bond donors (Lipinski definition) is 1. The van der Waals surface area contributed by atoms with Crippen LogP contribution in [0.2, 0.25) is 0 Å². The molecule has 1 heterocycles. The molecule has 0 aliphatic rings. The maximum absolute atomic E-state index is 13.5. The smallest absolute Gasteiger partial charge is 0.239 e. The van der Waals surface area contributed by atoms with Crippen LogP contribution in [0.1, 0.15) is 0 Å². The predicted octanol–water partition coefficient (Wildman–Crippen LogP) is 3.52. The molecule has 0 atom stereocenters. The molecule has 1 aromatic heterocycles. The minimum Gasteiger partial charge on any atom is -0.435 e. The number of benzene rings is 1. The van der Waals surface area contributed by atoms with Crippen molar-refractivity contribution in [1.82, 2.24) is 9.97 Å². The van der Waals surface area contributed by atoms with Gasteiger partial charge in [-0.2, -0.15) is 0 Å². The van der Waals surface area contributed by atoms with E-state index in [1.165, 1.54) is 18.5 Å². The van der Waals surface area contributed by atoms with Gasteiger partial charge in [0, 0.05) is 4.47 Å². The van der Waals surface area contributed by atoms with Crippen LogP contribution in [0.3, 0.4) is 0 Å². The number of nitrogens with zero attached hydrogens (tertiary/aromatic N) is 2. The first-order valence-corrected chi connectivity index (χ1v) is 6.05. The monoisotopic (exact) mass is 361 g/mol. The number of aromatic nitrogens is 2. The van der Waals surface area contributed by atoms with Crippen molar-refractivity contribution in [3.8, 4) is 11.6 Å². The molecule has 2 rings (SSSR count). The maximum atomic E-state index is 13.5. The molecule has 2 aromatic rings. The van der Waals surface area contributed by atoms with Gasteiger partial charge in [-0.1, -0.05) is 15.9 Å². The third-order valence-electron chi connectivity index (χ3n) is 1.88. The minimum absolute atomic E-state index is 0.0539. The van der Waals surface area contributed by atoms with Gasteiger partial charge in [0.15, 0.2) is 11.6 Å². The second-order valence-electron chi connectivity index (χ2n) is 3.05. The van der Waals surface area contributed by atoms with Gasteiger partial charge in [0.2, 0.25) is 5.88 Å². The number of anilines is 1. The van der Waals surface area contributed by atoms with Crippen LogP contribution < -0.4 is 10.5 Å². The van der Waals surface area contributed by atoms with E-state index in [0.29, 0.717) is 8.95 Å². The molecule has 7 heteroatoms. The van der Waals surface area contributed by atoms with Gasteiger partial charge < -0.3 is 10.5 Å². The fraction of sp³-hybridized carbons (Fsp3) is 0. The third-order valence-corrected chi connectivity index (χ3v) is 3.12. The summed E-state index contributed by atoms with van der Waals surface area (Å²) in [6, 6.07) is 4.36. The summed E-state index contributed by atoms with van der Waals surface area (Å²) in [7, 11) is 0. The molecule has 0 amide bonds. The van der Waals surface area contributed by atoms with Crippen LogP contribution in [0.4, 0.5) is 10.2 Å². The van der Waals surface area contributed by atoms with Crippen LogP contribution in [-0.2, 0) is 0 Å². The summed E-state index contributed by atoms with van der Waals surface area (Å²) in [6.45, 7) is 0. The molecule has 17 heavy (non-hydrogen) atoms. The second-order valence-corrected chi connectivity index (χ2v) is 4.76. The van der Waals surface area contributed by atoms with Crippen LogP contribution in [0.25, 0.3) is 0 Å². The van der Waals surface area contributed by atoms with Crippen molar-refractivity contribution in [2.45, 2.75) is 0 Å². The SMILES string of the molecule is Nc1ncnc(Oc2cc(Br)ccc2F)c1Br. The first-order chi connectivity index (χ1) is 8.08. The highest BCUT2D eigenvalue weighted by Gasteiger charge is 2.11. The molecule has 0 bridgehead atoms. The van der Waals surface area contributed by atoms with Crippen molar-refractivity contribution in [1.29, 1.82) is 0 Å². The van der Waals surface area contributed by atoms with E-state index in [-0.39, 0.29) is 17.4 Å². The molecule has 1 aromatic carbocycles. The average Bonchev–Trinajstić information content (AvgIpc) is 2.30. The Labute approximate surface area is 113 Å². The summed E-state index contributed by atoms with van der Waals surface area (Å²) in [5, 5.41) is 0. The molecule has 0 unspecified atom stereocenters. The Hall–Kier alpha value is -1.21. The zero-order chi connectivity index (χ0) is 12.4. The van der Waals surface area contributed by atoms with Gasteiger partial charge in [0.05, 0.1) is 0 Å². The summed E-state index contributed by atoms with van der Waals surface area (Å²) in [5.41, 5.74) is 5.56. The largest absolute Gasteiger partial charge is 0.435 e. The Morgan fingerprint density at radius 1 is 1.24 bits per heavy atom. The van der Waals surface area contributed by atoms with Gasteiger partial charge in [-0.3, -0.25) is 0 Å². The van der Waals surface area contributed by atoms with E-state index in [0.717, 1.165) is 0 Å². The molecule has 0 aliphatic heterocycles. The van der Waals surface area contributed by atoms with Gasteiger partial charge in [-0.05, 0) is 34.1 Å². The Morgan fingerprint density at radius 3 is 2.76 bits per heavy atom. The lowest BCUT2D eigenvalue weighted by atomic mass is 10.3. The Bertz CT molecular complexity index is 565. The third kappa shape index (κ3) is 2.73. The van der Waals surface area contributed by atoms with Crippen molar-refractivity contribution in [3.63, 3.8) is 0 Å².